The number of rotatable bonds is 7. The van der Waals surface area contributed by atoms with Crippen LogP contribution in [0.1, 0.15) is 55.0 Å². The van der Waals surface area contributed by atoms with Gasteiger partial charge in [-0.15, -0.1) is 11.3 Å². The van der Waals surface area contributed by atoms with Gasteiger partial charge in [-0.1, -0.05) is 13.3 Å². The van der Waals surface area contributed by atoms with Crippen LogP contribution in [0.5, 0.6) is 0 Å². The molecule has 1 aromatic rings. The molecule has 1 aromatic heterocycles. The van der Waals surface area contributed by atoms with Crippen LogP contribution in [-0.2, 0) is 9.53 Å². The molecule has 108 valence electrons. The summed E-state index contributed by atoms with van der Waals surface area (Å²) in [4.78, 5) is 14.5. The van der Waals surface area contributed by atoms with E-state index < -0.39 is 0 Å². The lowest BCUT2D eigenvalue weighted by molar-refractivity contribution is -0.146. The summed E-state index contributed by atoms with van der Waals surface area (Å²) in [7, 11) is 0. The molecule has 3 nitrogen and oxygen atoms in total. The molecule has 0 fully saturated rings. The minimum atomic E-state index is -0.209. The summed E-state index contributed by atoms with van der Waals surface area (Å²) in [6.07, 6.45) is 1.77. The Morgan fingerprint density at radius 1 is 1.42 bits per heavy atom. The molecule has 0 radical (unpaired) electrons. The van der Waals surface area contributed by atoms with E-state index in [-0.39, 0.29) is 18.1 Å². The standard InChI is InChI=1S/C15H25NO2S/c1-6-8-14(15(17)18-7-2)16-11(4)13-9-10(3)19-12(13)5/h9,11,14,16H,6-8H2,1-5H3. The lowest BCUT2D eigenvalue weighted by atomic mass is 10.1. The molecular weight excluding hydrogens is 258 g/mol. The van der Waals surface area contributed by atoms with Crippen molar-refractivity contribution in [2.75, 3.05) is 6.61 Å². The Labute approximate surface area is 120 Å². The molecule has 2 atom stereocenters. The van der Waals surface area contributed by atoms with Crippen molar-refractivity contribution in [3.05, 3.63) is 21.4 Å². The summed E-state index contributed by atoms with van der Waals surface area (Å²) in [6, 6.07) is 2.16. The van der Waals surface area contributed by atoms with Gasteiger partial charge in [-0.05, 0) is 45.7 Å². The highest BCUT2D eigenvalue weighted by molar-refractivity contribution is 7.12. The highest BCUT2D eigenvalue weighted by Crippen LogP contribution is 2.26. The maximum atomic E-state index is 11.9. The van der Waals surface area contributed by atoms with E-state index in [0.29, 0.717) is 6.61 Å². The number of hydrogen-bond donors (Lipinski definition) is 1. The topological polar surface area (TPSA) is 38.3 Å². The summed E-state index contributed by atoms with van der Waals surface area (Å²) in [5.74, 6) is -0.138. The van der Waals surface area contributed by atoms with E-state index in [1.165, 1.54) is 15.3 Å². The molecule has 0 saturated heterocycles. The molecule has 1 heterocycles. The van der Waals surface area contributed by atoms with Gasteiger partial charge >= 0.3 is 5.97 Å². The highest BCUT2D eigenvalue weighted by atomic mass is 32.1. The molecule has 19 heavy (non-hydrogen) atoms. The lowest BCUT2D eigenvalue weighted by Gasteiger charge is -2.21. The van der Waals surface area contributed by atoms with Crippen LogP contribution in [0.25, 0.3) is 0 Å². The summed E-state index contributed by atoms with van der Waals surface area (Å²) in [5, 5.41) is 3.41. The van der Waals surface area contributed by atoms with E-state index in [1.807, 2.05) is 6.92 Å². The Morgan fingerprint density at radius 2 is 2.11 bits per heavy atom. The van der Waals surface area contributed by atoms with Gasteiger partial charge < -0.3 is 4.74 Å². The molecule has 2 unspecified atom stereocenters. The maximum Gasteiger partial charge on any atom is 0.323 e. The quantitative estimate of drug-likeness (QED) is 0.775. The second-order valence-electron chi connectivity index (χ2n) is 4.85. The van der Waals surface area contributed by atoms with E-state index >= 15 is 0 Å². The van der Waals surface area contributed by atoms with E-state index in [2.05, 4.69) is 39.1 Å². The number of thiophene rings is 1. The first kappa shape index (κ1) is 16.2. The Bertz CT molecular complexity index is 414. The molecule has 1 N–H and O–H groups in total. The zero-order valence-electron chi connectivity index (χ0n) is 12.6. The van der Waals surface area contributed by atoms with Crippen molar-refractivity contribution in [1.29, 1.82) is 0 Å². The number of carbonyl (C=O) groups is 1. The fourth-order valence-corrected chi connectivity index (χ4v) is 3.30. The number of ether oxygens (including phenoxy) is 1. The molecule has 0 amide bonds. The molecule has 0 aliphatic heterocycles. The molecule has 0 bridgehead atoms. The smallest absolute Gasteiger partial charge is 0.323 e. The minimum Gasteiger partial charge on any atom is -0.465 e. The molecule has 4 heteroatoms. The summed E-state index contributed by atoms with van der Waals surface area (Å²) < 4.78 is 5.13. The Kier molecular flexibility index (Phi) is 6.52. The predicted molar refractivity (Wildman–Crippen MR) is 80.7 cm³/mol. The third kappa shape index (κ3) is 4.62. The summed E-state index contributed by atoms with van der Waals surface area (Å²) >= 11 is 1.80. The highest BCUT2D eigenvalue weighted by Gasteiger charge is 2.22. The van der Waals surface area contributed by atoms with Crippen LogP contribution in [0.15, 0.2) is 6.07 Å². The number of esters is 1. The van der Waals surface area contributed by atoms with Gasteiger partial charge in [0, 0.05) is 15.8 Å². The van der Waals surface area contributed by atoms with Gasteiger partial charge in [-0.3, -0.25) is 10.1 Å². The van der Waals surface area contributed by atoms with Gasteiger partial charge in [0.15, 0.2) is 0 Å². The maximum absolute atomic E-state index is 11.9. The van der Waals surface area contributed by atoms with Crippen LogP contribution in [0.4, 0.5) is 0 Å². The average Bonchev–Trinajstić information content (AvgIpc) is 2.68. The Hall–Kier alpha value is -0.870. The van der Waals surface area contributed by atoms with Crippen molar-refractivity contribution in [3.8, 4) is 0 Å². The molecule has 0 saturated carbocycles. The lowest BCUT2D eigenvalue weighted by Crippen LogP contribution is -2.39. The number of nitrogens with one attached hydrogen (secondary N) is 1. The summed E-state index contributed by atoms with van der Waals surface area (Å²) in [5.41, 5.74) is 1.29. The van der Waals surface area contributed by atoms with Gasteiger partial charge in [0.25, 0.3) is 0 Å². The molecule has 0 spiro atoms. The van der Waals surface area contributed by atoms with Crippen LogP contribution in [0.2, 0.25) is 0 Å². The van der Waals surface area contributed by atoms with E-state index in [0.717, 1.165) is 12.8 Å². The van der Waals surface area contributed by atoms with Crippen molar-refractivity contribution >= 4 is 17.3 Å². The third-order valence-corrected chi connectivity index (χ3v) is 4.13. The first-order chi connectivity index (χ1) is 8.99. The van der Waals surface area contributed by atoms with E-state index in [9.17, 15) is 4.79 Å². The van der Waals surface area contributed by atoms with Gasteiger partial charge in [0.05, 0.1) is 6.61 Å². The molecule has 0 aliphatic rings. The van der Waals surface area contributed by atoms with Gasteiger partial charge in [-0.25, -0.2) is 0 Å². The first-order valence-corrected chi connectivity index (χ1v) is 7.80. The van der Waals surface area contributed by atoms with Crippen molar-refractivity contribution in [1.82, 2.24) is 5.32 Å². The normalized spacial score (nSPS) is 14.2. The van der Waals surface area contributed by atoms with Crippen LogP contribution < -0.4 is 5.32 Å². The third-order valence-electron chi connectivity index (χ3n) is 3.15. The average molecular weight is 283 g/mol. The zero-order chi connectivity index (χ0) is 14.4. The SMILES string of the molecule is CCCC(NC(C)c1cc(C)sc1C)C(=O)OCC. The van der Waals surface area contributed by atoms with Crippen molar-refractivity contribution < 1.29 is 9.53 Å². The van der Waals surface area contributed by atoms with Gasteiger partial charge in [0.1, 0.15) is 6.04 Å². The van der Waals surface area contributed by atoms with Crippen LogP contribution >= 0.6 is 11.3 Å². The molecular formula is C15H25NO2S. The second kappa shape index (κ2) is 7.65. The zero-order valence-corrected chi connectivity index (χ0v) is 13.4. The fourth-order valence-electron chi connectivity index (χ4n) is 2.27. The van der Waals surface area contributed by atoms with Crippen LogP contribution in [0.3, 0.4) is 0 Å². The monoisotopic (exact) mass is 283 g/mol. The molecule has 0 aliphatic carbocycles. The number of hydrogen-bond acceptors (Lipinski definition) is 4. The van der Waals surface area contributed by atoms with Crippen LogP contribution in [-0.4, -0.2) is 18.6 Å². The molecule has 0 aromatic carbocycles. The van der Waals surface area contributed by atoms with Crippen molar-refractivity contribution in [2.24, 2.45) is 0 Å². The minimum absolute atomic E-state index is 0.138. The van der Waals surface area contributed by atoms with Gasteiger partial charge in [-0.2, -0.15) is 0 Å². The van der Waals surface area contributed by atoms with E-state index in [4.69, 9.17) is 4.74 Å². The number of carbonyl (C=O) groups excluding carboxylic acids is 1. The summed E-state index contributed by atoms with van der Waals surface area (Å²) in [6.45, 7) is 10.7. The largest absolute Gasteiger partial charge is 0.465 e. The first-order valence-electron chi connectivity index (χ1n) is 6.99. The Balaban J connectivity index is 2.73. The Morgan fingerprint density at radius 3 is 2.58 bits per heavy atom. The second-order valence-corrected chi connectivity index (χ2v) is 6.31. The van der Waals surface area contributed by atoms with Crippen molar-refractivity contribution in [2.45, 2.75) is 59.5 Å². The van der Waals surface area contributed by atoms with E-state index in [1.54, 1.807) is 11.3 Å². The molecule has 1 rings (SSSR count). The predicted octanol–water partition coefficient (Wildman–Crippen LogP) is 3.75. The van der Waals surface area contributed by atoms with Gasteiger partial charge in [0.2, 0.25) is 0 Å². The number of aryl methyl sites for hydroxylation is 2. The van der Waals surface area contributed by atoms with Crippen LogP contribution in [0, 0.1) is 13.8 Å². The fraction of sp³-hybridized carbons (Fsp3) is 0.667. The van der Waals surface area contributed by atoms with Crippen molar-refractivity contribution in [3.63, 3.8) is 0 Å².